The number of piperidine rings is 1. The molecule has 2 atom stereocenters. The fourth-order valence-electron chi connectivity index (χ4n) is 4.60. The second-order valence-corrected chi connectivity index (χ2v) is 7.26. The van der Waals surface area contributed by atoms with Gasteiger partial charge in [-0.1, -0.05) is 32.8 Å². The van der Waals surface area contributed by atoms with Gasteiger partial charge in [0.25, 0.3) is 0 Å². The van der Waals surface area contributed by atoms with Crippen LogP contribution in [0.15, 0.2) is 18.2 Å². The Morgan fingerprint density at radius 3 is 2.65 bits per heavy atom. The average Bonchev–Trinajstić information content (AvgIpc) is 2.56. The van der Waals surface area contributed by atoms with Crippen molar-refractivity contribution in [3.63, 3.8) is 0 Å². The van der Waals surface area contributed by atoms with Crippen molar-refractivity contribution in [2.24, 2.45) is 0 Å². The summed E-state index contributed by atoms with van der Waals surface area (Å²) in [4.78, 5) is 2.43. The molecule has 0 aliphatic carbocycles. The Morgan fingerprint density at radius 2 is 2.00 bits per heavy atom. The monoisotopic (exact) mass is 317 g/mol. The van der Waals surface area contributed by atoms with Crippen LogP contribution in [0.1, 0.15) is 63.0 Å². The third-order valence-electron chi connectivity index (χ3n) is 5.59. The normalized spacial score (nSPS) is 26.4. The molecule has 23 heavy (non-hydrogen) atoms. The maximum Gasteiger partial charge on any atom is 0.119 e. The molecule has 0 amide bonds. The van der Waals surface area contributed by atoms with E-state index >= 15 is 0 Å². The summed E-state index contributed by atoms with van der Waals surface area (Å²) in [6, 6.07) is 6.65. The van der Waals surface area contributed by atoms with Crippen LogP contribution in [-0.2, 0) is 10.3 Å². The third-order valence-corrected chi connectivity index (χ3v) is 5.59. The summed E-state index contributed by atoms with van der Waals surface area (Å²) in [5.41, 5.74) is 2.79. The highest BCUT2D eigenvalue weighted by Crippen LogP contribution is 2.49. The summed E-state index contributed by atoms with van der Waals surface area (Å²) in [5.74, 6) is 1.44. The molecule has 0 bridgehead atoms. The minimum absolute atomic E-state index is 0.0951. The van der Waals surface area contributed by atoms with Crippen molar-refractivity contribution in [1.29, 1.82) is 0 Å². The molecule has 0 spiro atoms. The SMILES string of the molecule is CCCC1(CCC)O[C@H]2CCN(C)C[C@@H]2c2cc(OC)ccc21. The molecule has 0 radical (unpaired) electrons. The van der Waals surface area contributed by atoms with Crippen LogP contribution in [0.5, 0.6) is 5.75 Å². The van der Waals surface area contributed by atoms with Gasteiger partial charge in [-0.2, -0.15) is 0 Å². The molecule has 3 rings (SSSR count). The number of hydrogen-bond acceptors (Lipinski definition) is 3. The molecular weight excluding hydrogens is 286 g/mol. The third kappa shape index (κ3) is 3.01. The fourth-order valence-corrected chi connectivity index (χ4v) is 4.60. The highest BCUT2D eigenvalue weighted by Gasteiger charge is 2.46. The van der Waals surface area contributed by atoms with Gasteiger partial charge in [0.1, 0.15) is 5.75 Å². The number of likely N-dealkylation sites (tertiary alicyclic amines) is 1. The van der Waals surface area contributed by atoms with Crippen LogP contribution < -0.4 is 4.74 Å². The predicted molar refractivity (Wildman–Crippen MR) is 94.2 cm³/mol. The number of hydrogen-bond donors (Lipinski definition) is 0. The van der Waals surface area contributed by atoms with E-state index in [1.807, 2.05) is 0 Å². The van der Waals surface area contributed by atoms with Gasteiger partial charge in [0.15, 0.2) is 0 Å². The van der Waals surface area contributed by atoms with E-state index < -0.39 is 0 Å². The first-order valence-electron chi connectivity index (χ1n) is 9.18. The average molecular weight is 317 g/mol. The lowest BCUT2D eigenvalue weighted by molar-refractivity contribution is -0.147. The zero-order valence-electron chi connectivity index (χ0n) is 15.1. The molecule has 2 heterocycles. The molecule has 2 aliphatic rings. The van der Waals surface area contributed by atoms with E-state index in [4.69, 9.17) is 9.47 Å². The molecule has 0 N–H and O–H groups in total. The zero-order chi connectivity index (χ0) is 16.4. The maximum absolute atomic E-state index is 6.84. The lowest BCUT2D eigenvalue weighted by Crippen LogP contribution is -2.49. The van der Waals surface area contributed by atoms with Crippen LogP contribution >= 0.6 is 0 Å². The van der Waals surface area contributed by atoms with Crippen LogP contribution in [-0.4, -0.2) is 38.3 Å². The molecule has 0 unspecified atom stereocenters. The lowest BCUT2D eigenvalue weighted by Gasteiger charge is -2.50. The number of likely N-dealkylation sites (N-methyl/N-ethyl adjacent to an activating group) is 1. The second-order valence-electron chi connectivity index (χ2n) is 7.26. The first-order chi connectivity index (χ1) is 11.1. The van der Waals surface area contributed by atoms with Crippen molar-refractivity contribution < 1.29 is 9.47 Å². The number of nitrogens with zero attached hydrogens (tertiary/aromatic N) is 1. The minimum atomic E-state index is -0.0951. The summed E-state index contributed by atoms with van der Waals surface area (Å²) < 4.78 is 12.4. The Bertz CT molecular complexity index is 536. The highest BCUT2D eigenvalue weighted by atomic mass is 16.5. The summed E-state index contributed by atoms with van der Waals surface area (Å²) in [6.07, 6.45) is 6.01. The zero-order valence-corrected chi connectivity index (χ0v) is 15.1. The van der Waals surface area contributed by atoms with Crippen LogP contribution in [0.2, 0.25) is 0 Å². The Balaban J connectivity index is 2.09. The molecule has 1 aromatic rings. The van der Waals surface area contributed by atoms with Gasteiger partial charge < -0.3 is 14.4 Å². The molecule has 1 saturated heterocycles. The molecule has 2 aliphatic heterocycles. The second kappa shape index (κ2) is 6.82. The van der Waals surface area contributed by atoms with Crippen molar-refractivity contribution in [3.8, 4) is 5.75 Å². The van der Waals surface area contributed by atoms with Crippen molar-refractivity contribution in [1.82, 2.24) is 4.90 Å². The molecule has 3 heteroatoms. The molecule has 0 aromatic heterocycles. The predicted octanol–water partition coefficient (Wildman–Crippen LogP) is 4.31. The Kier molecular flexibility index (Phi) is 4.98. The van der Waals surface area contributed by atoms with E-state index in [9.17, 15) is 0 Å². The van der Waals surface area contributed by atoms with E-state index in [1.165, 1.54) is 11.1 Å². The van der Waals surface area contributed by atoms with Gasteiger partial charge in [-0.25, -0.2) is 0 Å². The van der Waals surface area contributed by atoms with E-state index in [2.05, 4.69) is 44.0 Å². The van der Waals surface area contributed by atoms with Gasteiger partial charge in [0, 0.05) is 19.0 Å². The smallest absolute Gasteiger partial charge is 0.119 e. The van der Waals surface area contributed by atoms with Gasteiger partial charge in [0.2, 0.25) is 0 Å². The van der Waals surface area contributed by atoms with E-state index in [-0.39, 0.29) is 5.60 Å². The molecular formula is C20H31NO2. The highest BCUT2D eigenvalue weighted by molar-refractivity contribution is 5.44. The van der Waals surface area contributed by atoms with Gasteiger partial charge in [-0.05, 0) is 49.6 Å². The van der Waals surface area contributed by atoms with E-state index in [1.54, 1.807) is 7.11 Å². The molecule has 1 fully saturated rings. The molecule has 128 valence electrons. The fraction of sp³-hybridized carbons (Fsp3) is 0.700. The van der Waals surface area contributed by atoms with E-state index in [0.717, 1.165) is 50.9 Å². The van der Waals surface area contributed by atoms with E-state index in [0.29, 0.717) is 12.0 Å². The molecule has 3 nitrogen and oxygen atoms in total. The minimum Gasteiger partial charge on any atom is -0.497 e. The standard InChI is InChI=1S/C20H31NO2/c1-5-10-20(11-6-2)18-8-7-15(22-4)13-16(18)17-14-21(3)12-9-19(17)23-20/h7-8,13,17,19H,5-6,9-12,14H2,1-4H3/t17-,19+/m1/s1. The maximum atomic E-state index is 6.84. The number of fused-ring (bicyclic) bond motifs is 3. The van der Waals surface area contributed by atoms with Crippen LogP contribution in [0, 0.1) is 0 Å². The topological polar surface area (TPSA) is 21.7 Å². The Morgan fingerprint density at radius 1 is 1.26 bits per heavy atom. The first kappa shape index (κ1) is 16.8. The Hall–Kier alpha value is -1.06. The summed E-state index contributed by atoms with van der Waals surface area (Å²) in [6.45, 7) is 6.75. The number of methoxy groups -OCH3 is 1. The Labute approximate surface area is 141 Å². The lowest BCUT2D eigenvalue weighted by atomic mass is 9.73. The van der Waals surface area contributed by atoms with Crippen LogP contribution in [0.4, 0.5) is 0 Å². The summed E-state index contributed by atoms with van der Waals surface area (Å²) in [7, 11) is 3.98. The van der Waals surface area contributed by atoms with Crippen molar-refractivity contribution in [2.75, 3.05) is 27.2 Å². The van der Waals surface area contributed by atoms with Gasteiger partial charge >= 0.3 is 0 Å². The number of rotatable bonds is 5. The molecule has 0 saturated carbocycles. The summed E-state index contributed by atoms with van der Waals surface area (Å²) >= 11 is 0. The van der Waals surface area contributed by atoms with Crippen molar-refractivity contribution >= 4 is 0 Å². The number of benzene rings is 1. The van der Waals surface area contributed by atoms with Gasteiger partial charge in [-0.3, -0.25) is 0 Å². The van der Waals surface area contributed by atoms with Crippen LogP contribution in [0.25, 0.3) is 0 Å². The van der Waals surface area contributed by atoms with Crippen LogP contribution in [0.3, 0.4) is 0 Å². The quantitative estimate of drug-likeness (QED) is 0.808. The summed E-state index contributed by atoms with van der Waals surface area (Å²) in [5, 5.41) is 0. The van der Waals surface area contributed by atoms with Gasteiger partial charge in [-0.15, -0.1) is 0 Å². The van der Waals surface area contributed by atoms with Gasteiger partial charge in [0.05, 0.1) is 18.8 Å². The van der Waals surface area contributed by atoms with Crippen molar-refractivity contribution in [3.05, 3.63) is 29.3 Å². The first-order valence-corrected chi connectivity index (χ1v) is 9.18. The number of ether oxygens (including phenoxy) is 2. The largest absolute Gasteiger partial charge is 0.497 e. The molecule has 1 aromatic carbocycles. The van der Waals surface area contributed by atoms with Crippen molar-refractivity contribution in [2.45, 2.75) is 63.6 Å².